The van der Waals surface area contributed by atoms with E-state index in [2.05, 4.69) is 47.4 Å². The second kappa shape index (κ2) is 7.44. The molecule has 0 aliphatic carbocycles. The molecule has 2 aromatic rings. The van der Waals surface area contributed by atoms with Gasteiger partial charge in [-0.1, -0.05) is 42.5 Å². The molecule has 1 heterocycles. The van der Waals surface area contributed by atoms with E-state index in [1.54, 1.807) is 0 Å². The number of hydrogen-bond donors (Lipinski definition) is 0. The summed E-state index contributed by atoms with van der Waals surface area (Å²) in [5.41, 5.74) is 0.942. The van der Waals surface area contributed by atoms with Crippen LogP contribution in [-0.2, 0) is 11.2 Å². The molecule has 0 aromatic heterocycles. The standard InChI is InChI=1S/C21H28N2O2/c1-21(2,3)25-20(24)23-14-12-22(13-15-23)11-10-17-8-9-18-6-4-5-7-19(18)16-17/h4-9,16H,10-15H2,1-3H3. The quantitative estimate of drug-likeness (QED) is 0.848. The van der Waals surface area contributed by atoms with Crippen molar-refractivity contribution in [2.45, 2.75) is 32.8 Å². The van der Waals surface area contributed by atoms with Crippen LogP contribution < -0.4 is 0 Å². The van der Waals surface area contributed by atoms with E-state index in [0.717, 1.165) is 39.1 Å². The number of amides is 1. The number of rotatable bonds is 3. The molecule has 0 saturated carbocycles. The summed E-state index contributed by atoms with van der Waals surface area (Å²) in [5, 5.41) is 2.59. The highest BCUT2D eigenvalue weighted by Crippen LogP contribution is 2.17. The first-order valence-corrected chi connectivity index (χ1v) is 9.09. The number of fused-ring (bicyclic) bond motifs is 1. The van der Waals surface area contributed by atoms with Crippen molar-refractivity contribution >= 4 is 16.9 Å². The number of carbonyl (C=O) groups excluding carboxylic acids is 1. The highest BCUT2D eigenvalue weighted by atomic mass is 16.6. The van der Waals surface area contributed by atoms with Gasteiger partial charge in [0, 0.05) is 32.7 Å². The monoisotopic (exact) mass is 340 g/mol. The zero-order chi connectivity index (χ0) is 17.9. The van der Waals surface area contributed by atoms with Crippen molar-refractivity contribution < 1.29 is 9.53 Å². The van der Waals surface area contributed by atoms with Gasteiger partial charge in [-0.25, -0.2) is 4.79 Å². The number of benzene rings is 2. The molecule has 1 amide bonds. The van der Waals surface area contributed by atoms with Gasteiger partial charge in [-0.3, -0.25) is 4.90 Å². The number of nitrogens with zero attached hydrogens (tertiary/aromatic N) is 2. The molecule has 0 atom stereocenters. The second-order valence-corrected chi connectivity index (χ2v) is 7.74. The molecule has 4 nitrogen and oxygen atoms in total. The van der Waals surface area contributed by atoms with Gasteiger partial charge in [0.15, 0.2) is 0 Å². The summed E-state index contributed by atoms with van der Waals surface area (Å²) < 4.78 is 5.45. The van der Waals surface area contributed by atoms with Crippen LogP contribution in [0.15, 0.2) is 42.5 Å². The van der Waals surface area contributed by atoms with E-state index in [4.69, 9.17) is 4.74 Å². The van der Waals surface area contributed by atoms with Crippen LogP contribution in [0.2, 0.25) is 0 Å². The predicted octanol–water partition coefficient (Wildman–Crippen LogP) is 3.94. The topological polar surface area (TPSA) is 32.8 Å². The van der Waals surface area contributed by atoms with Crippen LogP contribution in [0, 0.1) is 0 Å². The van der Waals surface area contributed by atoms with Gasteiger partial charge in [0.05, 0.1) is 0 Å². The van der Waals surface area contributed by atoms with E-state index in [1.165, 1.54) is 16.3 Å². The second-order valence-electron chi connectivity index (χ2n) is 7.74. The van der Waals surface area contributed by atoms with Gasteiger partial charge in [0.1, 0.15) is 5.60 Å². The van der Waals surface area contributed by atoms with Gasteiger partial charge in [-0.05, 0) is 43.5 Å². The lowest BCUT2D eigenvalue weighted by Crippen LogP contribution is -2.50. The van der Waals surface area contributed by atoms with E-state index in [1.807, 2.05) is 25.7 Å². The third-order valence-corrected chi connectivity index (χ3v) is 4.55. The van der Waals surface area contributed by atoms with E-state index in [-0.39, 0.29) is 6.09 Å². The molecular formula is C21H28N2O2. The normalized spacial score (nSPS) is 16.2. The Labute approximate surface area is 150 Å². The van der Waals surface area contributed by atoms with Gasteiger partial charge in [-0.15, -0.1) is 0 Å². The summed E-state index contributed by atoms with van der Waals surface area (Å²) in [5.74, 6) is 0. The molecule has 1 fully saturated rings. The first-order valence-electron chi connectivity index (χ1n) is 9.09. The predicted molar refractivity (Wildman–Crippen MR) is 102 cm³/mol. The highest BCUT2D eigenvalue weighted by Gasteiger charge is 2.25. The van der Waals surface area contributed by atoms with Crippen molar-refractivity contribution in [2.24, 2.45) is 0 Å². The summed E-state index contributed by atoms with van der Waals surface area (Å²) in [6, 6.07) is 15.2. The fourth-order valence-electron chi connectivity index (χ4n) is 3.16. The fourth-order valence-corrected chi connectivity index (χ4v) is 3.16. The minimum atomic E-state index is -0.426. The molecule has 25 heavy (non-hydrogen) atoms. The highest BCUT2D eigenvalue weighted by molar-refractivity contribution is 5.82. The summed E-state index contributed by atoms with van der Waals surface area (Å²) in [4.78, 5) is 16.4. The van der Waals surface area contributed by atoms with Crippen LogP contribution >= 0.6 is 0 Å². The lowest BCUT2D eigenvalue weighted by Gasteiger charge is -2.35. The lowest BCUT2D eigenvalue weighted by molar-refractivity contribution is 0.0146. The van der Waals surface area contributed by atoms with Crippen LogP contribution in [0.25, 0.3) is 10.8 Å². The maximum Gasteiger partial charge on any atom is 0.410 e. The minimum Gasteiger partial charge on any atom is -0.444 e. The first-order chi connectivity index (χ1) is 11.9. The van der Waals surface area contributed by atoms with E-state index < -0.39 is 5.60 Å². The largest absolute Gasteiger partial charge is 0.444 e. The summed E-state index contributed by atoms with van der Waals surface area (Å²) in [7, 11) is 0. The Bertz CT molecular complexity index is 728. The van der Waals surface area contributed by atoms with Crippen molar-refractivity contribution in [1.29, 1.82) is 0 Å². The number of carbonyl (C=O) groups is 1. The minimum absolute atomic E-state index is 0.193. The Kier molecular flexibility index (Phi) is 5.28. The van der Waals surface area contributed by atoms with Gasteiger partial charge < -0.3 is 9.64 Å². The van der Waals surface area contributed by atoms with Gasteiger partial charge >= 0.3 is 6.09 Å². The Balaban J connectivity index is 1.48. The third kappa shape index (κ3) is 4.95. The molecule has 0 N–H and O–H groups in total. The van der Waals surface area contributed by atoms with Gasteiger partial charge in [-0.2, -0.15) is 0 Å². The number of piperazine rings is 1. The Hall–Kier alpha value is -2.07. The maximum atomic E-state index is 12.1. The fraction of sp³-hybridized carbons (Fsp3) is 0.476. The summed E-state index contributed by atoms with van der Waals surface area (Å²) in [6.45, 7) is 10.1. The van der Waals surface area contributed by atoms with Crippen molar-refractivity contribution in [3.63, 3.8) is 0 Å². The van der Waals surface area contributed by atoms with Crippen LogP contribution in [0.3, 0.4) is 0 Å². The molecule has 134 valence electrons. The maximum absolute atomic E-state index is 12.1. The Morgan fingerprint density at radius 3 is 2.36 bits per heavy atom. The zero-order valence-electron chi connectivity index (χ0n) is 15.5. The van der Waals surface area contributed by atoms with Crippen LogP contribution in [-0.4, -0.2) is 54.2 Å². The average Bonchev–Trinajstić information content (AvgIpc) is 2.59. The molecule has 0 radical (unpaired) electrons. The number of hydrogen-bond acceptors (Lipinski definition) is 3. The summed E-state index contributed by atoms with van der Waals surface area (Å²) >= 11 is 0. The van der Waals surface area contributed by atoms with Crippen LogP contribution in [0.4, 0.5) is 4.79 Å². The lowest BCUT2D eigenvalue weighted by atomic mass is 10.0. The van der Waals surface area contributed by atoms with Crippen LogP contribution in [0.5, 0.6) is 0 Å². The molecule has 2 aromatic carbocycles. The van der Waals surface area contributed by atoms with Crippen molar-refractivity contribution in [3.8, 4) is 0 Å². The Morgan fingerprint density at radius 2 is 1.68 bits per heavy atom. The van der Waals surface area contributed by atoms with Crippen LogP contribution in [0.1, 0.15) is 26.3 Å². The molecule has 1 saturated heterocycles. The number of ether oxygens (including phenoxy) is 1. The average molecular weight is 340 g/mol. The SMILES string of the molecule is CC(C)(C)OC(=O)N1CCN(CCc2ccc3ccccc3c2)CC1. The van der Waals surface area contributed by atoms with Gasteiger partial charge in [0.2, 0.25) is 0 Å². The third-order valence-electron chi connectivity index (χ3n) is 4.55. The smallest absolute Gasteiger partial charge is 0.410 e. The molecule has 0 bridgehead atoms. The van der Waals surface area contributed by atoms with Gasteiger partial charge in [0.25, 0.3) is 0 Å². The summed E-state index contributed by atoms with van der Waals surface area (Å²) in [6.07, 6.45) is 0.846. The molecule has 3 rings (SSSR count). The molecule has 1 aliphatic rings. The Morgan fingerprint density at radius 1 is 1.00 bits per heavy atom. The van der Waals surface area contributed by atoms with Crippen molar-refractivity contribution in [1.82, 2.24) is 9.80 Å². The van der Waals surface area contributed by atoms with E-state index in [0.29, 0.717) is 0 Å². The molecule has 1 aliphatic heterocycles. The molecule has 0 spiro atoms. The molecule has 0 unspecified atom stereocenters. The van der Waals surface area contributed by atoms with Crippen molar-refractivity contribution in [3.05, 3.63) is 48.0 Å². The first kappa shape index (κ1) is 17.7. The zero-order valence-corrected chi connectivity index (χ0v) is 15.5. The van der Waals surface area contributed by atoms with E-state index >= 15 is 0 Å². The molecular weight excluding hydrogens is 312 g/mol. The van der Waals surface area contributed by atoms with Crippen molar-refractivity contribution in [2.75, 3.05) is 32.7 Å². The van der Waals surface area contributed by atoms with E-state index in [9.17, 15) is 4.79 Å². The molecule has 4 heteroatoms.